The molecule has 3 nitrogen and oxygen atoms in total. The molecule has 2 aromatic rings. The Kier molecular flexibility index (Phi) is 3.38. The largest absolute Gasteiger partial charge is 0.383 e. The van der Waals surface area contributed by atoms with Gasteiger partial charge < -0.3 is 5.73 Å². The summed E-state index contributed by atoms with van der Waals surface area (Å²) in [5.41, 5.74) is 9.09. The van der Waals surface area contributed by atoms with Crippen LogP contribution < -0.4 is 5.73 Å². The molecule has 0 spiro atoms. The summed E-state index contributed by atoms with van der Waals surface area (Å²) in [5, 5.41) is 0. The SMILES string of the molecule is Cc1nc(CCc2ccccc2)nc(N)c1C. The number of hydrogen-bond donors (Lipinski definition) is 1. The fourth-order valence-electron chi connectivity index (χ4n) is 1.72. The number of benzene rings is 1. The van der Waals surface area contributed by atoms with Crippen LogP contribution in [0.2, 0.25) is 0 Å². The quantitative estimate of drug-likeness (QED) is 0.876. The zero-order valence-corrected chi connectivity index (χ0v) is 10.3. The Morgan fingerprint density at radius 2 is 1.71 bits per heavy atom. The first kappa shape index (κ1) is 11.6. The van der Waals surface area contributed by atoms with Crippen molar-refractivity contribution in [3.8, 4) is 0 Å². The van der Waals surface area contributed by atoms with Gasteiger partial charge in [-0.25, -0.2) is 9.97 Å². The lowest BCUT2D eigenvalue weighted by molar-refractivity contribution is 0.844. The van der Waals surface area contributed by atoms with Gasteiger partial charge in [0.1, 0.15) is 11.6 Å². The highest BCUT2D eigenvalue weighted by Gasteiger charge is 2.05. The summed E-state index contributed by atoms with van der Waals surface area (Å²) in [6, 6.07) is 10.3. The van der Waals surface area contributed by atoms with Crippen molar-refractivity contribution in [2.24, 2.45) is 0 Å². The van der Waals surface area contributed by atoms with Crippen LogP contribution >= 0.6 is 0 Å². The van der Waals surface area contributed by atoms with Gasteiger partial charge in [0.15, 0.2) is 0 Å². The lowest BCUT2D eigenvalue weighted by Crippen LogP contribution is -2.06. The van der Waals surface area contributed by atoms with Gasteiger partial charge in [-0.1, -0.05) is 30.3 Å². The number of nitrogens with zero attached hydrogens (tertiary/aromatic N) is 2. The molecular weight excluding hydrogens is 210 g/mol. The predicted molar refractivity (Wildman–Crippen MR) is 69.8 cm³/mol. The van der Waals surface area contributed by atoms with E-state index in [1.807, 2.05) is 32.0 Å². The molecule has 0 bridgehead atoms. The van der Waals surface area contributed by atoms with Crippen LogP contribution in [0.5, 0.6) is 0 Å². The number of nitrogen functional groups attached to an aromatic ring is 1. The second-order valence-corrected chi connectivity index (χ2v) is 4.22. The molecule has 3 heteroatoms. The molecule has 17 heavy (non-hydrogen) atoms. The molecule has 0 aliphatic heterocycles. The number of anilines is 1. The molecule has 0 aliphatic rings. The van der Waals surface area contributed by atoms with E-state index in [1.165, 1.54) is 5.56 Å². The number of hydrogen-bond acceptors (Lipinski definition) is 3. The van der Waals surface area contributed by atoms with Crippen molar-refractivity contribution in [1.82, 2.24) is 9.97 Å². The van der Waals surface area contributed by atoms with Gasteiger partial charge in [-0.3, -0.25) is 0 Å². The van der Waals surface area contributed by atoms with Crippen LogP contribution in [0.1, 0.15) is 22.6 Å². The third-order valence-corrected chi connectivity index (χ3v) is 2.95. The normalized spacial score (nSPS) is 10.5. The highest BCUT2D eigenvalue weighted by Crippen LogP contribution is 2.12. The van der Waals surface area contributed by atoms with Crippen molar-refractivity contribution in [3.05, 3.63) is 53.0 Å². The van der Waals surface area contributed by atoms with Crippen LogP contribution in [0.25, 0.3) is 0 Å². The maximum absolute atomic E-state index is 5.84. The Labute approximate surface area is 102 Å². The van der Waals surface area contributed by atoms with Gasteiger partial charge in [0.25, 0.3) is 0 Å². The Morgan fingerprint density at radius 1 is 1.00 bits per heavy atom. The number of aryl methyl sites for hydroxylation is 3. The van der Waals surface area contributed by atoms with E-state index in [4.69, 9.17) is 5.73 Å². The van der Waals surface area contributed by atoms with Crippen LogP contribution in [0.3, 0.4) is 0 Å². The summed E-state index contributed by atoms with van der Waals surface area (Å²) in [6.45, 7) is 3.92. The third kappa shape index (κ3) is 2.81. The molecule has 0 aliphatic carbocycles. The second-order valence-electron chi connectivity index (χ2n) is 4.22. The molecule has 0 radical (unpaired) electrons. The molecule has 0 atom stereocenters. The molecule has 0 fully saturated rings. The number of nitrogens with two attached hydrogens (primary N) is 1. The first-order valence-corrected chi connectivity index (χ1v) is 5.80. The van der Waals surface area contributed by atoms with E-state index in [9.17, 15) is 0 Å². The minimum Gasteiger partial charge on any atom is -0.383 e. The maximum Gasteiger partial charge on any atom is 0.131 e. The molecular formula is C14H17N3. The van der Waals surface area contributed by atoms with Gasteiger partial charge in [-0.2, -0.15) is 0 Å². The van der Waals surface area contributed by atoms with Gasteiger partial charge in [0.05, 0.1) is 0 Å². The first-order chi connectivity index (χ1) is 8.16. The molecule has 1 aromatic carbocycles. The summed E-state index contributed by atoms with van der Waals surface area (Å²) in [5.74, 6) is 1.43. The van der Waals surface area contributed by atoms with E-state index in [2.05, 4.69) is 22.1 Å². The lowest BCUT2D eigenvalue weighted by Gasteiger charge is -2.06. The smallest absolute Gasteiger partial charge is 0.131 e. The summed E-state index contributed by atoms with van der Waals surface area (Å²) in [7, 11) is 0. The van der Waals surface area contributed by atoms with Crippen molar-refractivity contribution in [2.75, 3.05) is 5.73 Å². The van der Waals surface area contributed by atoms with Crippen LogP contribution in [0.4, 0.5) is 5.82 Å². The van der Waals surface area contributed by atoms with E-state index in [0.29, 0.717) is 5.82 Å². The van der Waals surface area contributed by atoms with Gasteiger partial charge in [-0.15, -0.1) is 0 Å². The molecule has 1 heterocycles. The van der Waals surface area contributed by atoms with Gasteiger partial charge in [0, 0.05) is 17.7 Å². The molecule has 0 saturated heterocycles. The Hall–Kier alpha value is -1.90. The second kappa shape index (κ2) is 4.95. The summed E-state index contributed by atoms with van der Waals surface area (Å²) >= 11 is 0. The van der Waals surface area contributed by atoms with Crippen molar-refractivity contribution in [2.45, 2.75) is 26.7 Å². The van der Waals surface area contributed by atoms with E-state index < -0.39 is 0 Å². The van der Waals surface area contributed by atoms with E-state index >= 15 is 0 Å². The van der Waals surface area contributed by atoms with Crippen LogP contribution in [0.15, 0.2) is 30.3 Å². The maximum atomic E-state index is 5.84. The first-order valence-electron chi connectivity index (χ1n) is 5.80. The summed E-state index contributed by atoms with van der Waals surface area (Å²) in [4.78, 5) is 8.77. The fourth-order valence-corrected chi connectivity index (χ4v) is 1.72. The molecule has 1 aromatic heterocycles. The fraction of sp³-hybridized carbons (Fsp3) is 0.286. The van der Waals surface area contributed by atoms with E-state index in [1.54, 1.807) is 0 Å². The molecule has 0 saturated carbocycles. The monoisotopic (exact) mass is 227 g/mol. The number of aromatic nitrogens is 2. The Balaban J connectivity index is 2.10. The topological polar surface area (TPSA) is 51.8 Å². The van der Waals surface area contributed by atoms with Gasteiger partial charge in [-0.05, 0) is 25.8 Å². The van der Waals surface area contributed by atoms with Crippen LogP contribution in [-0.4, -0.2) is 9.97 Å². The zero-order valence-electron chi connectivity index (χ0n) is 10.3. The van der Waals surface area contributed by atoms with Crippen LogP contribution in [-0.2, 0) is 12.8 Å². The third-order valence-electron chi connectivity index (χ3n) is 2.95. The van der Waals surface area contributed by atoms with Gasteiger partial charge in [0.2, 0.25) is 0 Å². The number of rotatable bonds is 3. The molecule has 0 amide bonds. The average molecular weight is 227 g/mol. The summed E-state index contributed by atoms with van der Waals surface area (Å²) in [6.07, 6.45) is 1.78. The molecule has 2 rings (SSSR count). The van der Waals surface area contributed by atoms with Gasteiger partial charge >= 0.3 is 0 Å². The Bertz CT molecular complexity index is 483. The zero-order chi connectivity index (χ0) is 12.3. The lowest BCUT2D eigenvalue weighted by atomic mass is 10.1. The minimum absolute atomic E-state index is 0.598. The van der Waals surface area contributed by atoms with Crippen molar-refractivity contribution in [1.29, 1.82) is 0 Å². The van der Waals surface area contributed by atoms with Crippen molar-refractivity contribution < 1.29 is 0 Å². The molecule has 2 N–H and O–H groups in total. The Morgan fingerprint density at radius 3 is 2.35 bits per heavy atom. The molecule has 0 unspecified atom stereocenters. The molecule has 88 valence electrons. The van der Waals surface area contributed by atoms with E-state index in [-0.39, 0.29) is 0 Å². The predicted octanol–water partition coefficient (Wildman–Crippen LogP) is 2.46. The highest BCUT2D eigenvalue weighted by atomic mass is 14.9. The van der Waals surface area contributed by atoms with Crippen molar-refractivity contribution in [3.63, 3.8) is 0 Å². The van der Waals surface area contributed by atoms with Crippen molar-refractivity contribution >= 4 is 5.82 Å². The standard InChI is InChI=1S/C14H17N3/c1-10-11(2)16-13(17-14(10)15)9-8-12-6-4-3-5-7-12/h3-7H,8-9H2,1-2H3,(H2,15,16,17). The minimum atomic E-state index is 0.598. The average Bonchev–Trinajstić information content (AvgIpc) is 2.34. The summed E-state index contributed by atoms with van der Waals surface area (Å²) < 4.78 is 0. The highest BCUT2D eigenvalue weighted by molar-refractivity contribution is 5.40. The van der Waals surface area contributed by atoms with Crippen LogP contribution in [0, 0.1) is 13.8 Å². The van der Waals surface area contributed by atoms with E-state index in [0.717, 1.165) is 29.9 Å².